The molecule has 1 amide bonds. The largest absolute Gasteiger partial charge is 0.364 e. The summed E-state index contributed by atoms with van der Waals surface area (Å²) in [7, 11) is 1.81. The summed E-state index contributed by atoms with van der Waals surface area (Å²) < 4.78 is 2.57. The Kier molecular flexibility index (Phi) is 4.62. The Morgan fingerprint density at radius 2 is 2.12 bits per heavy atom. The average Bonchev–Trinajstić information content (AvgIpc) is 3.01. The van der Waals surface area contributed by atoms with Crippen LogP contribution in [0.3, 0.4) is 0 Å². The van der Waals surface area contributed by atoms with Crippen LogP contribution >= 0.6 is 15.9 Å². The highest BCUT2D eigenvalue weighted by atomic mass is 79.9. The molecule has 0 atom stereocenters. The van der Waals surface area contributed by atoms with Crippen LogP contribution in [-0.2, 0) is 11.8 Å². The van der Waals surface area contributed by atoms with E-state index >= 15 is 0 Å². The van der Waals surface area contributed by atoms with Gasteiger partial charge >= 0.3 is 0 Å². The number of carbonyl (C=O) groups is 1. The summed E-state index contributed by atoms with van der Waals surface area (Å²) in [5, 5.41) is 15.4. The number of nitrogens with two attached hydrogens (primary N) is 1. The van der Waals surface area contributed by atoms with Crippen molar-refractivity contribution in [2.24, 2.45) is 12.8 Å². The van der Waals surface area contributed by atoms with Crippen molar-refractivity contribution in [3.05, 3.63) is 58.8 Å². The van der Waals surface area contributed by atoms with Crippen LogP contribution in [0.4, 0.5) is 11.5 Å². The van der Waals surface area contributed by atoms with E-state index in [0.717, 1.165) is 10.2 Å². The van der Waals surface area contributed by atoms with E-state index in [9.17, 15) is 4.79 Å². The molecule has 4 N–H and O–H groups in total. The predicted octanol–water partition coefficient (Wildman–Crippen LogP) is 2.84. The molecule has 0 fully saturated rings. The Morgan fingerprint density at radius 1 is 1.32 bits per heavy atom. The maximum absolute atomic E-state index is 11.5. The lowest BCUT2D eigenvalue weighted by molar-refractivity contribution is -0.112. The monoisotopic (exact) mass is 398 g/mol. The number of aryl methyl sites for hydroxylation is 1. The quantitative estimate of drug-likeness (QED) is 0.573. The Labute approximate surface area is 152 Å². The number of carbonyl (C=O) groups excluding carboxylic acids is 1. The lowest BCUT2D eigenvalue weighted by atomic mass is 10.1. The minimum Gasteiger partial charge on any atom is -0.364 e. The summed E-state index contributed by atoms with van der Waals surface area (Å²) in [6.07, 6.45) is 3.45. The van der Waals surface area contributed by atoms with Crippen LogP contribution < -0.4 is 11.1 Å². The van der Waals surface area contributed by atoms with E-state index in [-0.39, 0.29) is 5.71 Å². The SMILES string of the molecule is Cn1ccc(-c2cnc(Nc3cccc(Br)c3)c(C(=N)C(N)=O)c2)n1. The first-order valence-electron chi connectivity index (χ1n) is 7.35. The molecule has 2 aromatic heterocycles. The molecule has 0 saturated carbocycles. The highest BCUT2D eigenvalue weighted by molar-refractivity contribution is 9.10. The number of rotatable bonds is 5. The molecule has 0 bridgehead atoms. The number of nitrogens with zero attached hydrogens (tertiary/aromatic N) is 3. The average molecular weight is 399 g/mol. The number of halogens is 1. The summed E-state index contributed by atoms with van der Waals surface area (Å²) >= 11 is 3.40. The number of anilines is 2. The number of aromatic nitrogens is 3. The van der Waals surface area contributed by atoms with Crippen molar-refractivity contribution in [3.8, 4) is 11.3 Å². The molecule has 0 unspecified atom stereocenters. The van der Waals surface area contributed by atoms with E-state index in [1.807, 2.05) is 43.6 Å². The molecular weight excluding hydrogens is 384 g/mol. The van der Waals surface area contributed by atoms with Gasteiger partial charge in [0, 0.05) is 40.7 Å². The first-order valence-corrected chi connectivity index (χ1v) is 8.15. The van der Waals surface area contributed by atoms with Gasteiger partial charge in [0.15, 0.2) is 0 Å². The van der Waals surface area contributed by atoms with Gasteiger partial charge in [0.25, 0.3) is 5.91 Å². The number of primary amides is 1. The number of hydrogen-bond acceptors (Lipinski definition) is 5. The second kappa shape index (κ2) is 6.86. The fraction of sp³-hybridized carbons (Fsp3) is 0.0588. The van der Waals surface area contributed by atoms with Crippen molar-refractivity contribution in [1.29, 1.82) is 5.41 Å². The summed E-state index contributed by atoms with van der Waals surface area (Å²) in [6.45, 7) is 0. The molecule has 1 aromatic carbocycles. The predicted molar refractivity (Wildman–Crippen MR) is 99.9 cm³/mol. The van der Waals surface area contributed by atoms with Gasteiger partial charge in [0.1, 0.15) is 11.5 Å². The van der Waals surface area contributed by atoms with Crippen molar-refractivity contribution >= 4 is 39.1 Å². The second-order valence-electron chi connectivity index (χ2n) is 5.37. The molecular formula is C17H15BrN6O. The molecule has 0 aliphatic carbocycles. The van der Waals surface area contributed by atoms with E-state index in [2.05, 4.69) is 31.3 Å². The molecule has 8 heteroatoms. The molecule has 25 heavy (non-hydrogen) atoms. The van der Waals surface area contributed by atoms with Gasteiger partial charge in [-0.1, -0.05) is 22.0 Å². The van der Waals surface area contributed by atoms with Crippen molar-refractivity contribution in [1.82, 2.24) is 14.8 Å². The normalized spacial score (nSPS) is 10.5. The fourth-order valence-electron chi connectivity index (χ4n) is 2.30. The zero-order valence-corrected chi connectivity index (χ0v) is 14.9. The van der Waals surface area contributed by atoms with E-state index in [1.165, 1.54) is 0 Å². The van der Waals surface area contributed by atoms with Gasteiger partial charge in [-0.05, 0) is 30.3 Å². The Bertz CT molecular complexity index is 965. The zero-order chi connectivity index (χ0) is 18.0. The second-order valence-corrected chi connectivity index (χ2v) is 6.29. The van der Waals surface area contributed by atoms with Gasteiger partial charge in [-0.15, -0.1) is 0 Å². The van der Waals surface area contributed by atoms with E-state index in [4.69, 9.17) is 11.1 Å². The van der Waals surface area contributed by atoms with Gasteiger partial charge in [-0.25, -0.2) is 4.98 Å². The summed E-state index contributed by atoms with van der Waals surface area (Å²) in [5.41, 5.74) is 7.46. The number of nitrogens with one attached hydrogen (secondary N) is 2. The van der Waals surface area contributed by atoms with Crippen LogP contribution in [0.1, 0.15) is 5.56 Å². The van der Waals surface area contributed by atoms with E-state index in [0.29, 0.717) is 22.6 Å². The Balaban J connectivity index is 2.05. The first kappa shape index (κ1) is 16.8. The first-order chi connectivity index (χ1) is 11.9. The van der Waals surface area contributed by atoms with Gasteiger partial charge < -0.3 is 11.1 Å². The number of hydrogen-bond donors (Lipinski definition) is 3. The molecule has 2 heterocycles. The number of amides is 1. The molecule has 0 aliphatic rings. The smallest absolute Gasteiger partial charge is 0.267 e. The molecule has 0 spiro atoms. The fourth-order valence-corrected chi connectivity index (χ4v) is 2.70. The van der Waals surface area contributed by atoms with Crippen molar-refractivity contribution in [3.63, 3.8) is 0 Å². The molecule has 0 saturated heterocycles. The van der Waals surface area contributed by atoms with Crippen LogP contribution in [0.2, 0.25) is 0 Å². The Hall–Kier alpha value is -3.00. The summed E-state index contributed by atoms with van der Waals surface area (Å²) in [5.74, 6) is -0.446. The number of pyridine rings is 1. The van der Waals surface area contributed by atoms with Gasteiger partial charge in [-0.2, -0.15) is 5.10 Å². The van der Waals surface area contributed by atoms with Gasteiger partial charge in [-0.3, -0.25) is 14.9 Å². The van der Waals surface area contributed by atoms with Crippen LogP contribution in [0.25, 0.3) is 11.3 Å². The van der Waals surface area contributed by atoms with E-state index < -0.39 is 5.91 Å². The standard InChI is InChI=1S/C17H15BrN6O/c1-24-6-5-14(23-24)10-7-13(15(19)16(20)25)17(21-9-10)22-12-4-2-3-11(18)8-12/h2-9,19H,1H3,(H2,20,25)(H,21,22). The third-order valence-corrected chi connectivity index (χ3v) is 3.99. The summed E-state index contributed by atoms with van der Waals surface area (Å²) in [6, 6.07) is 11.0. The third kappa shape index (κ3) is 3.74. The van der Waals surface area contributed by atoms with Crippen LogP contribution in [0.5, 0.6) is 0 Å². The van der Waals surface area contributed by atoms with Gasteiger partial charge in [0.2, 0.25) is 0 Å². The highest BCUT2D eigenvalue weighted by Gasteiger charge is 2.16. The van der Waals surface area contributed by atoms with Crippen molar-refractivity contribution in [2.45, 2.75) is 0 Å². The zero-order valence-electron chi connectivity index (χ0n) is 13.3. The van der Waals surface area contributed by atoms with Crippen LogP contribution in [-0.4, -0.2) is 26.4 Å². The molecule has 0 radical (unpaired) electrons. The molecule has 0 aliphatic heterocycles. The highest BCUT2D eigenvalue weighted by Crippen LogP contribution is 2.26. The Morgan fingerprint density at radius 3 is 2.76 bits per heavy atom. The van der Waals surface area contributed by atoms with Crippen molar-refractivity contribution in [2.75, 3.05) is 5.32 Å². The number of benzene rings is 1. The van der Waals surface area contributed by atoms with Gasteiger partial charge in [0.05, 0.1) is 5.69 Å². The molecule has 3 aromatic rings. The molecule has 7 nitrogen and oxygen atoms in total. The topological polar surface area (TPSA) is 110 Å². The minimum atomic E-state index is -0.822. The maximum atomic E-state index is 11.5. The maximum Gasteiger partial charge on any atom is 0.267 e. The third-order valence-electron chi connectivity index (χ3n) is 3.50. The van der Waals surface area contributed by atoms with Crippen molar-refractivity contribution < 1.29 is 4.79 Å². The minimum absolute atomic E-state index is 0.315. The van der Waals surface area contributed by atoms with Crippen LogP contribution in [0.15, 0.2) is 53.3 Å². The summed E-state index contributed by atoms with van der Waals surface area (Å²) in [4.78, 5) is 15.9. The van der Waals surface area contributed by atoms with Crippen LogP contribution in [0, 0.1) is 5.41 Å². The molecule has 126 valence electrons. The van der Waals surface area contributed by atoms with E-state index in [1.54, 1.807) is 16.9 Å². The molecule has 3 rings (SSSR count). The lowest BCUT2D eigenvalue weighted by Crippen LogP contribution is -2.24. The lowest BCUT2D eigenvalue weighted by Gasteiger charge is -2.12.